The van der Waals surface area contributed by atoms with Gasteiger partial charge in [-0.15, -0.1) is 0 Å². The molecule has 0 radical (unpaired) electrons. The Hall–Kier alpha value is -1.69. The first-order valence-electron chi connectivity index (χ1n) is 6.02. The van der Waals surface area contributed by atoms with Gasteiger partial charge in [0, 0.05) is 24.8 Å². The number of anilines is 1. The van der Waals surface area contributed by atoms with Crippen molar-refractivity contribution in [3.8, 4) is 0 Å². The Bertz CT molecular complexity index is 417. The summed E-state index contributed by atoms with van der Waals surface area (Å²) in [5, 5.41) is 8.55. The van der Waals surface area contributed by atoms with Gasteiger partial charge in [0.25, 0.3) is 0 Å². The number of carbonyl (C=O) groups is 1. The number of aliphatic carboxylic acids is 1. The lowest BCUT2D eigenvalue weighted by Gasteiger charge is -2.32. The molecule has 6 nitrogen and oxygen atoms in total. The molecule has 1 aromatic heterocycles. The third-order valence-electron chi connectivity index (χ3n) is 3.00. The van der Waals surface area contributed by atoms with E-state index in [0.29, 0.717) is 0 Å². The maximum atomic E-state index is 10.4. The van der Waals surface area contributed by atoms with Crippen LogP contribution in [-0.2, 0) is 9.53 Å². The zero-order valence-corrected chi connectivity index (χ0v) is 10.4. The first kappa shape index (κ1) is 12.8. The zero-order valence-electron chi connectivity index (χ0n) is 10.4. The third kappa shape index (κ3) is 3.40. The monoisotopic (exact) mass is 251 g/mol. The second-order valence-corrected chi connectivity index (χ2v) is 4.41. The number of piperidine rings is 1. The largest absolute Gasteiger partial charge is 0.480 e. The molecule has 2 rings (SSSR count). The summed E-state index contributed by atoms with van der Waals surface area (Å²) in [6, 6.07) is 1.96. The molecule has 6 heteroatoms. The van der Waals surface area contributed by atoms with E-state index in [1.54, 1.807) is 6.33 Å². The van der Waals surface area contributed by atoms with Crippen molar-refractivity contribution in [3.05, 3.63) is 18.1 Å². The van der Waals surface area contributed by atoms with Crippen molar-refractivity contribution < 1.29 is 14.6 Å². The number of hydrogen-bond acceptors (Lipinski definition) is 5. The second-order valence-electron chi connectivity index (χ2n) is 4.41. The minimum absolute atomic E-state index is 0.0419. The zero-order chi connectivity index (χ0) is 13.0. The third-order valence-corrected chi connectivity index (χ3v) is 3.00. The van der Waals surface area contributed by atoms with Crippen LogP contribution in [0.4, 0.5) is 5.82 Å². The number of ether oxygens (including phenoxy) is 1. The molecule has 0 bridgehead atoms. The Morgan fingerprint density at radius 3 is 2.83 bits per heavy atom. The molecule has 0 aromatic carbocycles. The van der Waals surface area contributed by atoms with Crippen molar-refractivity contribution in [2.45, 2.75) is 25.9 Å². The fraction of sp³-hybridized carbons (Fsp3) is 0.583. The van der Waals surface area contributed by atoms with Gasteiger partial charge in [-0.25, -0.2) is 14.8 Å². The van der Waals surface area contributed by atoms with Crippen LogP contribution in [-0.4, -0.2) is 46.8 Å². The second kappa shape index (κ2) is 5.77. The predicted molar refractivity (Wildman–Crippen MR) is 65.6 cm³/mol. The molecule has 1 fully saturated rings. The molecule has 1 saturated heterocycles. The summed E-state index contributed by atoms with van der Waals surface area (Å²) in [5.41, 5.74) is 0.948. The molecule has 98 valence electrons. The first-order chi connectivity index (χ1) is 8.65. The molecule has 1 aromatic rings. The van der Waals surface area contributed by atoms with Crippen LogP contribution in [0.1, 0.15) is 18.5 Å². The number of carboxylic acid groups (broad SMARTS) is 1. The van der Waals surface area contributed by atoms with Gasteiger partial charge in [0.1, 0.15) is 18.8 Å². The number of carboxylic acids is 1. The van der Waals surface area contributed by atoms with Crippen LogP contribution in [0.3, 0.4) is 0 Å². The molecule has 2 heterocycles. The van der Waals surface area contributed by atoms with Gasteiger partial charge >= 0.3 is 5.97 Å². The highest BCUT2D eigenvalue weighted by Crippen LogP contribution is 2.19. The maximum absolute atomic E-state index is 10.4. The number of aromatic nitrogens is 2. The van der Waals surface area contributed by atoms with Crippen molar-refractivity contribution in [2.75, 3.05) is 24.6 Å². The molecular formula is C12H17N3O3. The highest BCUT2D eigenvalue weighted by molar-refractivity contribution is 5.68. The van der Waals surface area contributed by atoms with E-state index in [4.69, 9.17) is 9.84 Å². The lowest BCUT2D eigenvalue weighted by Crippen LogP contribution is -2.38. The van der Waals surface area contributed by atoms with E-state index in [1.807, 2.05) is 13.0 Å². The molecule has 0 saturated carbocycles. The average molecular weight is 251 g/mol. The smallest absolute Gasteiger partial charge is 0.329 e. The lowest BCUT2D eigenvalue weighted by molar-refractivity contribution is -0.144. The maximum Gasteiger partial charge on any atom is 0.329 e. The average Bonchev–Trinajstić information content (AvgIpc) is 2.37. The van der Waals surface area contributed by atoms with Gasteiger partial charge in [0.15, 0.2) is 0 Å². The van der Waals surface area contributed by atoms with Crippen LogP contribution in [0.2, 0.25) is 0 Å². The van der Waals surface area contributed by atoms with Crippen molar-refractivity contribution in [2.24, 2.45) is 0 Å². The van der Waals surface area contributed by atoms with Gasteiger partial charge in [-0.1, -0.05) is 0 Å². The lowest BCUT2D eigenvalue weighted by atomic mass is 10.1. The Balaban J connectivity index is 1.85. The molecule has 0 atom stereocenters. The van der Waals surface area contributed by atoms with Gasteiger partial charge in [-0.2, -0.15) is 0 Å². The summed E-state index contributed by atoms with van der Waals surface area (Å²) in [4.78, 5) is 20.9. The van der Waals surface area contributed by atoms with Crippen molar-refractivity contribution in [1.82, 2.24) is 9.97 Å². The summed E-state index contributed by atoms with van der Waals surface area (Å²) < 4.78 is 5.29. The van der Waals surface area contributed by atoms with E-state index in [0.717, 1.165) is 37.4 Å². The molecule has 0 aliphatic carbocycles. The predicted octanol–water partition coefficient (Wildman–Crippen LogP) is 0.855. The normalized spacial score (nSPS) is 16.8. The van der Waals surface area contributed by atoms with Crippen LogP contribution >= 0.6 is 0 Å². The topological polar surface area (TPSA) is 75.5 Å². The van der Waals surface area contributed by atoms with E-state index >= 15 is 0 Å². The van der Waals surface area contributed by atoms with Gasteiger partial charge in [0.2, 0.25) is 0 Å². The molecular weight excluding hydrogens is 234 g/mol. The summed E-state index contributed by atoms with van der Waals surface area (Å²) in [6.45, 7) is 3.40. The molecule has 0 amide bonds. The van der Waals surface area contributed by atoms with Gasteiger partial charge in [-0.3, -0.25) is 0 Å². The number of hydrogen-bond donors (Lipinski definition) is 1. The van der Waals surface area contributed by atoms with Gasteiger partial charge < -0.3 is 14.7 Å². The molecule has 0 unspecified atom stereocenters. The van der Waals surface area contributed by atoms with E-state index in [-0.39, 0.29) is 12.7 Å². The molecule has 18 heavy (non-hydrogen) atoms. The Morgan fingerprint density at radius 1 is 1.50 bits per heavy atom. The first-order valence-corrected chi connectivity index (χ1v) is 6.02. The highest BCUT2D eigenvalue weighted by atomic mass is 16.5. The summed E-state index contributed by atoms with van der Waals surface area (Å²) in [6.07, 6.45) is 3.27. The molecule has 0 spiro atoms. The van der Waals surface area contributed by atoms with Crippen LogP contribution in [0.25, 0.3) is 0 Å². The van der Waals surface area contributed by atoms with Crippen LogP contribution in [0.15, 0.2) is 12.4 Å². The molecule has 1 N–H and O–H groups in total. The van der Waals surface area contributed by atoms with Gasteiger partial charge in [0.05, 0.1) is 6.10 Å². The summed E-state index contributed by atoms with van der Waals surface area (Å²) in [7, 11) is 0. The van der Waals surface area contributed by atoms with E-state index < -0.39 is 5.97 Å². The van der Waals surface area contributed by atoms with Crippen molar-refractivity contribution in [3.63, 3.8) is 0 Å². The SMILES string of the molecule is Cc1cc(N2CCC(OCC(=O)O)CC2)ncn1. The highest BCUT2D eigenvalue weighted by Gasteiger charge is 2.21. The van der Waals surface area contributed by atoms with E-state index in [1.165, 1.54) is 0 Å². The van der Waals surface area contributed by atoms with Crippen molar-refractivity contribution >= 4 is 11.8 Å². The quantitative estimate of drug-likeness (QED) is 0.855. The van der Waals surface area contributed by atoms with Crippen molar-refractivity contribution in [1.29, 1.82) is 0 Å². The number of nitrogens with zero attached hydrogens (tertiary/aromatic N) is 3. The van der Waals surface area contributed by atoms with E-state index in [2.05, 4.69) is 14.9 Å². The fourth-order valence-corrected chi connectivity index (χ4v) is 2.05. The van der Waals surface area contributed by atoms with Crippen LogP contribution in [0.5, 0.6) is 0 Å². The van der Waals surface area contributed by atoms with E-state index in [9.17, 15) is 4.79 Å². The minimum atomic E-state index is -0.913. The fourth-order valence-electron chi connectivity index (χ4n) is 2.05. The summed E-state index contributed by atoms with van der Waals surface area (Å²) >= 11 is 0. The molecule has 1 aliphatic rings. The van der Waals surface area contributed by atoms with Gasteiger partial charge in [-0.05, 0) is 19.8 Å². The standard InChI is InChI=1S/C12H17N3O3/c1-9-6-11(14-8-13-9)15-4-2-10(3-5-15)18-7-12(16)17/h6,8,10H,2-5,7H2,1H3,(H,16,17). The number of aryl methyl sites for hydroxylation is 1. The molecule has 1 aliphatic heterocycles. The summed E-state index contributed by atoms with van der Waals surface area (Å²) in [5.74, 6) is 0.0167. The number of rotatable bonds is 4. The Morgan fingerprint density at radius 2 is 2.22 bits per heavy atom. The minimum Gasteiger partial charge on any atom is -0.480 e. The Kier molecular flexibility index (Phi) is 4.09. The van der Waals surface area contributed by atoms with Crippen LogP contribution < -0.4 is 4.90 Å². The van der Waals surface area contributed by atoms with Crippen LogP contribution in [0, 0.1) is 6.92 Å². The Labute approximate surface area is 106 Å².